The minimum Gasteiger partial charge on any atom is -0.370 e. The smallest absolute Gasteiger partial charge is 0.172 e. The van der Waals surface area contributed by atoms with Crippen molar-refractivity contribution in [2.75, 3.05) is 0 Å². The molecule has 1 aromatic carbocycles. The Balaban J connectivity index is 2.47. The molecule has 0 fully saturated rings. The summed E-state index contributed by atoms with van der Waals surface area (Å²) in [5.74, 6) is 0. The van der Waals surface area contributed by atoms with E-state index in [1.165, 1.54) is 0 Å². The summed E-state index contributed by atoms with van der Waals surface area (Å²) in [5.41, 5.74) is 1.74. The first-order valence-electron chi connectivity index (χ1n) is 5.07. The summed E-state index contributed by atoms with van der Waals surface area (Å²) in [6, 6.07) is 9.46. The summed E-state index contributed by atoms with van der Waals surface area (Å²) in [4.78, 5) is 10.8. The first-order valence-corrected chi connectivity index (χ1v) is 5.83. The fraction of sp³-hybridized carbons (Fsp3) is 0.154. The fourth-order valence-corrected chi connectivity index (χ4v) is 2.47. The fourth-order valence-electron chi connectivity index (χ4n) is 1.80. The average Bonchev–Trinajstić information content (AvgIpc) is 2.28. The highest BCUT2D eigenvalue weighted by atomic mass is 35.5. The summed E-state index contributed by atoms with van der Waals surface area (Å²) in [7, 11) is 0. The first kappa shape index (κ1) is 12.4. The van der Waals surface area contributed by atoms with Gasteiger partial charge in [0.15, 0.2) is 11.3 Å². The predicted octanol–water partition coefficient (Wildman–Crippen LogP) is 3.09. The Morgan fingerprint density at radius 3 is 2.47 bits per heavy atom. The molecule has 1 atom stereocenters. The maximum atomic E-state index is 10.8. The molecule has 2 nitrogen and oxygen atoms in total. The second kappa shape index (κ2) is 4.65. The Morgan fingerprint density at radius 2 is 1.94 bits per heavy atom. The molecule has 0 aliphatic heterocycles. The van der Waals surface area contributed by atoms with Crippen molar-refractivity contribution in [3.05, 3.63) is 52.6 Å². The second-order valence-electron chi connectivity index (χ2n) is 3.85. The van der Waals surface area contributed by atoms with Crippen LogP contribution in [0.5, 0.6) is 0 Å². The molecule has 0 spiro atoms. The standard InChI is InChI=1S/C13H10Cl2O2/c14-12-6-10(9-4-2-1-3-5-9)7-13(15,17)11(12)8-16/h1-6,8,17H,7H2. The van der Waals surface area contributed by atoms with Gasteiger partial charge in [-0.15, -0.1) is 0 Å². The highest BCUT2D eigenvalue weighted by Gasteiger charge is 2.35. The van der Waals surface area contributed by atoms with Gasteiger partial charge in [-0.05, 0) is 17.2 Å². The number of hydrogen-bond donors (Lipinski definition) is 1. The van der Waals surface area contributed by atoms with Crippen molar-refractivity contribution >= 4 is 35.1 Å². The van der Waals surface area contributed by atoms with E-state index in [1.807, 2.05) is 30.3 Å². The third-order valence-electron chi connectivity index (χ3n) is 2.66. The van der Waals surface area contributed by atoms with Gasteiger partial charge in [0.05, 0.1) is 10.6 Å². The first-order chi connectivity index (χ1) is 8.04. The third-order valence-corrected chi connectivity index (χ3v) is 3.31. The summed E-state index contributed by atoms with van der Waals surface area (Å²) in [6.45, 7) is 0. The molecular weight excluding hydrogens is 259 g/mol. The molecule has 1 unspecified atom stereocenters. The lowest BCUT2D eigenvalue weighted by Gasteiger charge is -2.27. The van der Waals surface area contributed by atoms with Crippen LogP contribution in [0.15, 0.2) is 47.0 Å². The number of aldehydes is 1. The van der Waals surface area contributed by atoms with Crippen LogP contribution in [-0.2, 0) is 4.79 Å². The Morgan fingerprint density at radius 1 is 1.29 bits per heavy atom. The van der Waals surface area contributed by atoms with Crippen molar-refractivity contribution in [1.82, 2.24) is 0 Å². The van der Waals surface area contributed by atoms with Gasteiger partial charge in [-0.25, -0.2) is 0 Å². The number of rotatable bonds is 2. The second-order valence-corrected chi connectivity index (χ2v) is 4.88. The Labute approximate surface area is 109 Å². The van der Waals surface area contributed by atoms with Crippen LogP contribution in [0.3, 0.4) is 0 Å². The molecule has 88 valence electrons. The third kappa shape index (κ3) is 2.44. The predicted molar refractivity (Wildman–Crippen MR) is 68.8 cm³/mol. The Kier molecular flexibility index (Phi) is 3.38. The van der Waals surface area contributed by atoms with E-state index in [0.29, 0.717) is 6.29 Å². The maximum absolute atomic E-state index is 10.8. The van der Waals surface area contributed by atoms with Gasteiger partial charge in [0.1, 0.15) is 0 Å². The molecular formula is C13H10Cl2O2. The summed E-state index contributed by atoms with van der Waals surface area (Å²) in [6.07, 6.45) is 2.31. The minimum atomic E-state index is -1.72. The van der Waals surface area contributed by atoms with Crippen molar-refractivity contribution in [2.45, 2.75) is 11.5 Å². The van der Waals surface area contributed by atoms with Crippen LogP contribution in [0.25, 0.3) is 5.57 Å². The normalized spacial score (nSPS) is 24.5. The molecule has 1 aliphatic rings. The Bertz CT molecular complexity index is 501. The van der Waals surface area contributed by atoms with E-state index in [-0.39, 0.29) is 17.0 Å². The molecule has 2 rings (SSSR count). The van der Waals surface area contributed by atoms with E-state index in [4.69, 9.17) is 23.2 Å². The molecule has 4 heteroatoms. The van der Waals surface area contributed by atoms with Crippen LogP contribution in [-0.4, -0.2) is 16.5 Å². The molecule has 17 heavy (non-hydrogen) atoms. The van der Waals surface area contributed by atoms with E-state index in [1.54, 1.807) is 6.08 Å². The molecule has 0 saturated heterocycles. The Hall–Kier alpha value is -1.09. The van der Waals surface area contributed by atoms with E-state index >= 15 is 0 Å². The number of aliphatic hydroxyl groups is 1. The van der Waals surface area contributed by atoms with Crippen LogP contribution in [0.2, 0.25) is 0 Å². The van der Waals surface area contributed by atoms with Gasteiger partial charge in [-0.2, -0.15) is 0 Å². The van der Waals surface area contributed by atoms with Crippen LogP contribution in [0.4, 0.5) is 0 Å². The monoisotopic (exact) mass is 268 g/mol. The van der Waals surface area contributed by atoms with Crippen LogP contribution in [0, 0.1) is 0 Å². The van der Waals surface area contributed by atoms with Gasteiger partial charge in [-0.1, -0.05) is 53.5 Å². The molecule has 0 heterocycles. The molecule has 0 saturated carbocycles. The molecule has 0 bridgehead atoms. The largest absolute Gasteiger partial charge is 0.370 e. The van der Waals surface area contributed by atoms with Gasteiger partial charge in [0, 0.05) is 6.42 Å². The SMILES string of the molecule is O=CC1=C(Cl)C=C(c2ccccc2)CC1(O)Cl. The van der Waals surface area contributed by atoms with E-state index in [0.717, 1.165) is 11.1 Å². The van der Waals surface area contributed by atoms with Crippen LogP contribution < -0.4 is 0 Å². The number of allylic oxidation sites excluding steroid dienone is 2. The van der Waals surface area contributed by atoms with Gasteiger partial charge < -0.3 is 5.11 Å². The maximum Gasteiger partial charge on any atom is 0.172 e. The highest BCUT2D eigenvalue weighted by molar-refractivity contribution is 6.37. The average molecular weight is 269 g/mol. The van der Waals surface area contributed by atoms with Crippen LogP contribution >= 0.6 is 23.2 Å². The van der Waals surface area contributed by atoms with Crippen molar-refractivity contribution in [3.63, 3.8) is 0 Å². The lowest BCUT2D eigenvalue weighted by atomic mass is 9.91. The van der Waals surface area contributed by atoms with Gasteiger partial charge in [0.25, 0.3) is 0 Å². The molecule has 1 N–H and O–H groups in total. The topological polar surface area (TPSA) is 37.3 Å². The van der Waals surface area contributed by atoms with Crippen molar-refractivity contribution in [3.8, 4) is 0 Å². The number of halogens is 2. The van der Waals surface area contributed by atoms with Crippen molar-refractivity contribution in [1.29, 1.82) is 0 Å². The van der Waals surface area contributed by atoms with E-state index in [2.05, 4.69) is 0 Å². The number of alkyl halides is 1. The highest BCUT2D eigenvalue weighted by Crippen LogP contribution is 2.40. The summed E-state index contributed by atoms with van der Waals surface area (Å²) < 4.78 is 0. The summed E-state index contributed by atoms with van der Waals surface area (Å²) in [5, 5.41) is 8.45. The number of carbonyl (C=O) groups excluding carboxylic acids is 1. The summed E-state index contributed by atoms with van der Waals surface area (Å²) >= 11 is 11.9. The molecule has 1 aliphatic carbocycles. The molecule has 1 aromatic rings. The zero-order chi connectivity index (χ0) is 12.5. The zero-order valence-electron chi connectivity index (χ0n) is 8.86. The van der Waals surface area contributed by atoms with Crippen molar-refractivity contribution < 1.29 is 9.90 Å². The van der Waals surface area contributed by atoms with Crippen molar-refractivity contribution in [2.24, 2.45) is 0 Å². The van der Waals surface area contributed by atoms with Crippen LogP contribution in [0.1, 0.15) is 12.0 Å². The van der Waals surface area contributed by atoms with Gasteiger partial charge in [0.2, 0.25) is 0 Å². The molecule has 0 radical (unpaired) electrons. The van der Waals surface area contributed by atoms with E-state index < -0.39 is 5.06 Å². The molecule has 0 amide bonds. The van der Waals surface area contributed by atoms with Gasteiger partial charge >= 0.3 is 0 Å². The quantitative estimate of drug-likeness (QED) is 0.661. The number of carbonyl (C=O) groups is 1. The lowest BCUT2D eigenvalue weighted by Crippen LogP contribution is -2.28. The lowest BCUT2D eigenvalue weighted by molar-refractivity contribution is -0.106. The zero-order valence-corrected chi connectivity index (χ0v) is 10.4. The number of benzene rings is 1. The minimum absolute atomic E-state index is 0.0144. The van der Waals surface area contributed by atoms with E-state index in [9.17, 15) is 9.90 Å². The van der Waals surface area contributed by atoms with Gasteiger partial charge in [-0.3, -0.25) is 4.79 Å². The molecule has 0 aromatic heterocycles. The number of hydrogen-bond acceptors (Lipinski definition) is 2.